The molecule has 18 heavy (non-hydrogen) atoms. The second-order valence-electron chi connectivity index (χ2n) is 3.91. The van der Waals surface area contributed by atoms with Crippen LogP contribution in [0.1, 0.15) is 16.8 Å². The number of ether oxygens (including phenoxy) is 1. The summed E-state index contributed by atoms with van der Waals surface area (Å²) in [6, 6.07) is 10.7. The maximum Gasteiger partial charge on any atom is 0.249 e. The van der Waals surface area contributed by atoms with Crippen molar-refractivity contribution in [1.82, 2.24) is 0 Å². The smallest absolute Gasteiger partial charge is 0.249 e. The molecular formula is C14H14FNO2. The highest BCUT2D eigenvalue weighted by Gasteiger charge is 2.09. The van der Waals surface area contributed by atoms with E-state index in [-0.39, 0.29) is 0 Å². The highest BCUT2D eigenvalue weighted by molar-refractivity contribution is 6.07. The molecule has 0 unspecified atom stereocenters. The predicted octanol–water partition coefficient (Wildman–Crippen LogP) is 2.68. The van der Waals surface area contributed by atoms with Gasteiger partial charge in [-0.3, -0.25) is 9.18 Å². The van der Waals surface area contributed by atoms with E-state index < -0.39 is 12.6 Å². The van der Waals surface area contributed by atoms with Crippen LogP contribution in [-0.2, 0) is 0 Å². The number of primary amides is 1. The van der Waals surface area contributed by atoms with Gasteiger partial charge in [0.1, 0.15) is 5.75 Å². The molecule has 0 radical (unpaired) electrons. The summed E-state index contributed by atoms with van der Waals surface area (Å²) < 4.78 is 17.5. The molecule has 94 valence electrons. The maximum absolute atomic E-state index is 12.0. The number of amides is 1. The summed E-state index contributed by atoms with van der Waals surface area (Å²) in [5.41, 5.74) is 5.78. The Balaban J connectivity index is 2.44. The fourth-order valence-electron chi connectivity index (χ4n) is 1.85. The Morgan fingerprint density at radius 1 is 1.17 bits per heavy atom. The van der Waals surface area contributed by atoms with E-state index in [0.717, 1.165) is 10.8 Å². The van der Waals surface area contributed by atoms with Gasteiger partial charge in [-0.15, -0.1) is 0 Å². The van der Waals surface area contributed by atoms with Crippen LogP contribution in [0.2, 0.25) is 0 Å². The van der Waals surface area contributed by atoms with Crippen molar-refractivity contribution < 1.29 is 13.9 Å². The summed E-state index contributed by atoms with van der Waals surface area (Å²) in [6.45, 7) is -0.0896. The van der Waals surface area contributed by atoms with Crippen LogP contribution in [0.3, 0.4) is 0 Å². The molecule has 2 N–H and O–H groups in total. The fraction of sp³-hybridized carbons (Fsp3) is 0.214. The Kier molecular flexibility index (Phi) is 3.77. The first-order valence-corrected chi connectivity index (χ1v) is 5.74. The zero-order valence-corrected chi connectivity index (χ0v) is 9.86. The third-order valence-electron chi connectivity index (χ3n) is 2.69. The van der Waals surface area contributed by atoms with Crippen molar-refractivity contribution in [3.05, 3.63) is 42.0 Å². The summed E-state index contributed by atoms with van der Waals surface area (Å²) in [5, 5.41) is 1.57. The summed E-state index contributed by atoms with van der Waals surface area (Å²) >= 11 is 0. The minimum absolute atomic E-state index is 0.316. The molecule has 0 aromatic heterocycles. The zero-order valence-electron chi connectivity index (χ0n) is 9.86. The lowest BCUT2D eigenvalue weighted by molar-refractivity contribution is 0.100. The second kappa shape index (κ2) is 5.49. The highest BCUT2D eigenvalue weighted by atomic mass is 19.1. The third kappa shape index (κ3) is 2.42. The van der Waals surface area contributed by atoms with Crippen molar-refractivity contribution >= 4 is 16.7 Å². The standard InChI is InChI=1S/C14H14FNO2/c15-8-3-9-18-13-7-6-12(14(16)17)10-4-1-2-5-11(10)13/h1-2,4-7H,3,8-9H2,(H2,16,17). The average Bonchev–Trinajstić information content (AvgIpc) is 2.38. The first kappa shape index (κ1) is 12.4. The summed E-state index contributed by atoms with van der Waals surface area (Å²) in [7, 11) is 0. The molecule has 0 saturated heterocycles. The molecule has 2 rings (SSSR count). The number of benzene rings is 2. The van der Waals surface area contributed by atoms with Gasteiger partial charge in [0.25, 0.3) is 0 Å². The maximum atomic E-state index is 12.0. The van der Waals surface area contributed by atoms with Gasteiger partial charge in [0.05, 0.1) is 13.3 Å². The van der Waals surface area contributed by atoms with Gasteiger partial charge in [0.15, 0.2) is 0 Å². The topological polar surface area (TPSA) is 52.3 Å². The van der Waals surface area contributed by atoms with Crippen LogP contribution >= 0.6 is 0 Å². The van der Waals surface area contributed by atoms with Gasteiger partial charge in [-0.05, 0) is 17.5 Å². The van der Waals surface area contributed by atoms with Crippen molar-refractivity contribution in [1.29, 1.82) is 0 Å². The molecule has 3 nitrogen and oxygen atoms in total. The largest absolute Gasteiger partial charge is 0.493 e. The van der Waals surface area contributed by atoms with Crippen LogP contribution in [0.15, 0.2) is 36.4 Å². The van der Waals surface area contributed by atoms with Gasteiger partial charge in [0.2, 0.25) is 5.91 Å². The van der Waals surface area contributed by atoms with Gasteiger partial charge in [-0.1, -0.05) is 24.3 Å². The number of hydrogen-bond donors (Lipinski definition) is 1. The number of hydrogen-bond acceptors (Lipinski definition) is 2. The molecule has 0 atom stereocenters. The van der Waals surface area contributed by atoms with E-state index in [1.807, 2.05) is 24.3 Å². The van der Waals surface area contributed by atoms with E-state index in [4.69, 9.17) is 10.5 Å². The van der Waals surface area contributed by atoms with Crippen LogP contribution in [0.5, 0.6) is 5.75 Å². The molecule has 2 aromatic carbocycles. The van der Waals surface area contributed by atoms with Crippen LogP contribution in [0.4, 0.5) is 4.39 Å². The number of nitrogens with two attached hydrogens (primary N) is 1. The normalized spacial score (nSPS) is 10.5. The van der Waals surface area contributed by atoms with Crippen molar-refractivity contribution in [2.45, 2.75) is 6.42 Å². The third-order valence-corrected chi connectivity index (χ3v) is 2.69. The van der Waals surface area contributed by atoms with Gasteiger partial charge < -0.3 is 10.5 Å². The number of fused-ring (bicyclic) bond motifs is 1. The molecule has 0 fully saturated rings. The molecule has 0 aliphatic heterocycles. The van der Waals surface area contributed by atoms with E-state index >= 15 is 0 Å². The molecule has 0 aliphatic carbocycles. The SMILES string of the molecule is NC(=O)c1ccc(OCCCF)c2ccccc12. The Morgan fingerprint density at radius 2 is 1.89 bits per heavy atom. The van der Waals surface area contributed by atoms with Gasteiger partial charge in [-0.25, -0.2) is 0 Å². The number of rotatable bonds is 5. The second-order valence-corrected chi connectivity index (χ2v) is 3.91. The minimum Gasteiger partial charge on any atom is -0.493 e. The molecule has 4 heteroatoms. The van der Waals surface area contributed by atoms with E-state index in [1.165, 1.54) is 0 Å². The summed E-state index contributed by atoms with van der Waals surface area (Å²) in [5.74, 6) is 0.172. The molecular weight excluding hydrogens is 233 g/mol. The Labute approximate surface area is 104 Å². The van der Waals surface area contributed by atoms with E-state index in [9.17, 15) is 9.18 Å². The zero-order chi connectivity index (χ0) is 13.0. The van der Waals surface area contributed by atoms with E-state index in [2.05, 4.69) is 0 Å². The van der Waals surface area contributed by atoms with Gasteiger partial charge >= 0.3 is 0 Å². The van der Waals surface area contributed by atoms with E-state index in [0.29, 0.717) is 24.3 Å². The highest BCUT2D eigenvalue weighted by Crippen LogP contribution is 2.28. The van der Waals surface area contributed by atoms with Crippen molar-refractivity contribution in [3.63, 3.8) is 0 Å². The van der Waals surface area contributed by atoms with Crippen LogP contribution in [0, 0.1) is 0 Å². The minimum atomic E-state index is -0.471. The van der Waals surface area contributed by atoms with Crippen LogP contribution in [-0.4, -0.2) is 19.2 Å². The molecule has 1 amide bonds. The lowest BCUT2D eigenvalue weighted by Crippen LogP contribution is -2.11. The molecule has 0 spiro atoms. The Hall–Kier alpha value is -2.10. The summed E-state index contributed by atoms with van der Waals surface area (Å²) in [6.07, 6.45) is 0.353. The number of carbonyl (C=O) groups excluding carboxylic acids is 1. The number of halogens is 1. The molecule has 0 saturated carbocycles. The van der Waals surface area contributed by atoms with Gasteiger partial charge in [0, 0.05) is 17.4 Å². The van der Waals surface area contributed by atoms with Crippen LogP contribution in [0.25, 0.3) is 10.8 Å². The Morgan fingerprint density at radius 3 is 2.56 bits per heavy atom. The van der Waals surface area contributed by atoms with Crippen molar-refractivity contribution in [3.8, 4) is 5.75 Å². The van der Waals surface area contributed by atoms with Gasteiger partial charge in [-0.2, -0.15) is 0 Å². The Bertz CT molecular complexity index is 569. The number of alkyl halides is 1. The molecule has 2 aromatic rings. The first-order valence-electron chi connectivity index (χ1n) is 5.74. The molecule has 0 aliphatic rings. The quantitative estimate of drug-likeness (QED) is 0.826. The molecule has 0 heterocycles. The monoisotopic (exact) mass is 247 g/mol. The van der Waals surface area contributed by atoms with Crippen molar-refractivity contribution in [2.75, 3.05) is 13.3 Å². The summed E-state index contributed by atoms with van der Waals surface area (Å²) in [4.78, 5) is 11.3. The average molecular weight is 247 g/mol. The first-order chi connectivity index (χ1) is 8.74. The lowest BCUT2D eigenvalue weighted by Gasteiger charge is -2.10. The predicted molar refractivity (Wildman–Crippen MR) is 68.6 cm³/mol. The molecule has 0 bridgehead atoms. The van der Waals surface area contributed by atoms with Crippen LogP contribution < -0.4 is 10.5 Å². The number of carbonyl (C=O) groups is 1. The van der Waals surface area contributed by atoms with Crippen molar-refractivity contribution in [2.24, 2.45) is 5.73 Å². The lowest BCUT2D eigenvalue weighted by atomic mass is 10.0. The fourth-order valence-corrected chi connectivity index (χ4v) is 1.85. The van der Waals surface area contributed by atoms with E-state index in [1.54, 1.807) is 12.1 Å².